The van der Waals surface area contributed by atoms with Gasteiger partial charge in [0.1, 0.15) is 0 Å². The van der Waals surface area contributed by atoms with Crippen molar-refractivity contribution in [1.29, 1.82) is 0 Å². The van der Waals surface area contributed by atoms with Crippen LogP contribution in [0, 0.1) is 0 Å². The molecule has 6 nitrogen and oxygen atoms in total. The van der Waals surface area contributed by atoms with E-state index in [1.54, 1.807) is 32.7 Å². The molecule has 8 heteroatoms. The van der Waals surface area contributed by atoms with Crippen molar-refractivity contribution in [2.75, 3.05) is 12.8 Å². The average Bonchev–Trinajstić information content (AvgIpc) is 3.14. The first-order valence-corrected chi connectivity index (χ1v) is 8.83. The fraction of sp³-hybridized carbons (Fsp3) is 0.538. The Hall–Kier alpha value is -1.41. The monoisotopic (exact) mass is 325 g/mol. The number of thioether (sulfide) groups is 1. The predicted molar refractivity (Wildman–Crippen MR) is 85.1 cm³/mol. The van der Waals surface area contributed by atoms with Gasteiger partial charge in [0, 0.05) is 30.6 Å². The van der Waals surface area contributed by atoms with Gasteiger partial charge in [-0.3, -0.25) is 4.79 Å². The second-order valence-electron chi connectivity index (χ2n) is 4.54. The summed E-state index contributed by atoms with van der Waals surface area (Å²) in [7, 11) is 1.85. The minimum Gasteiger partial charge on any atom is -0.341 e. The van der Waals surface area contributed by atoms with E-state index in [0.717, 1.165) is 23.9 Å². The molecule has 2 aromatic rings. The molecule has 1 amide bonds. The second-order valence-corrected chi connectivity index (χ2v) is 6.68. The molecule has 0 bridgehead atoms. The molecule has 2 heterocycles. The lowest BCUT2D eigenvalue weighted by atomic mass is 10.4. The minimum atomic E-state index is 0.172. The first-order valence-electron chi connectivity index (χ1n) is 6.79. The smallest absolute Gasteiger partial charge is 0.223 e. The molecule has 0 unspecified atom stereocenters. The van der Waals surface area contributed by atoms with Gasteiger partial charge >= 0.3 is 0 Å². The number of hydrogen-bond acceptors (Lipinski definition) is 6. The Morgan fingerprint density at radius 2 is 2.38 bits per heavy atom. The molecule has 0 saturated carbocycles. The molecule has 2 rings (SSSR count). The number of amides is 1. The van der Waals surface area contributed by atoms with Crippen LogP contribution in [0.4, 0.5) is 0 Å². The number of aryl methyl sites for hydroxylation is 1. The van der Waals surface area contributed by atoms with Crippen LogP contribution in [0.1, 0.15) is 24.0 Å². The van der Waals surface area contributed by atoms with Crippen molar-refractivity contribution in [2.24, 2.45) is 0 Å². The SMILES string of the molecule is CCn1nnnc1CSCCC(=O)N(C)Cc1cccs1. The van der Waals surface area contributed by atoms with Gasteiger partial charge in [-0.05, 0) is 28.8 Å². The maximum Gasteiger partial charge on any atom is 0.223 e. The Labute approximate surface area is 132 Å². The highest BCUT2D eigenvalue weighted by atomic mass is 32.2. The third-order valence-corrected chi connectivity index (χ3v) is 4.81. The van der Waals surface area contributed by atoms with Gasteiger partial charge in [0.05, 0.1) is 12.3 Å². The maximum absolute atomic E-state index is 12.0. The largest absolute Gasteiger partial charge is 0.341 e. The summed E-state index contributed by atoms with van der Waals surface area (Å²) in [6.45, 7) is 3.47. The zero-order chi connectivity index (χ0) is 15.1. The van der Waals surface area contributed by atoms with Crippen molar-refractivity contribution < 1.29 is 4.79 Å². The summed E-state index contributed by atoms with van der Waals surface area (Å²) in [6, 6.07) is 4.06. The van der Waals surface area contributed by atoms with E-state index in [1.165, 1.54) is 4.88 Å². The van der Waals surface area contributed by atoms with E-state index < -0.39 is 0 Å². The molecule has 0 fully saturated rings. The molecule has 0 aromatic carbocycles. The van der Waals surface area contributed by atoms with Gasteiger partial charge in [0.15, 0.2) is 5.82 Å². The van der Waals surface area contributed by atoms with Gasteiger partial charge in [-0.2, -0.15) is 11.8 Å². The Morgan fingerprint density at radius 3 is 3.10 bits per heavy atom. The Kier molecular flexibility index (Phi) is 6.19. The normalized spacial score (nSPS) is 10.8. The number of carbonyl (C=O) groups is 1. The van der Waals surface area contributed by atoms with Crippen LogP contribution in [-0.2, 0) is 23.6 Å². The number of nitrogens with zero attached hydrogens (tertiary/aromatic N) is 5. The maximum atomic E-state index is 12.0. The molecule has 0 N–H and O–H groups in total. The minimum absolute atomic E-state index is 0.172. The van der Waals surface area contributed by atoms with Crippen LogP contribution in [0.5, 0.6) is 0 Å². The van der Waals surface area contributed by atoms with Crippen LogP contribution in [0.3, 0.4) is 0 Å². The third kappa shape index (κ3) is 4.82. The van der Waals surface area contributed by atoms with E-state index in [2.05, 4.69) is 15.5 Å². The molecule has 114 valence electrons. The number of aromatic nitrogens is 4. The Morgan fingerprint density at radius 1 is 1.52 bits per heavy atom. The zero-order valence-corrected chi connectivity index (χ0v) is 13.9. The molecule has 0 radical (unpaired) electrons. The molecule has 2 aromatic heterocycles. The lowest BCUT2D eigenvalue weighted by Gasteiger charge is -2.15. The zero-order valence-electron chi connectivity index (χ0n) is 12.2. The van der Waals surface area contributed by atoms with E-state index in [0.29, 0.717) is 13.0 Å². The highest BCUT2D eigenvalue weighted by Crippen LogP contribution is 2.14. The average molecular weight is 325 g/mol. The number of tetrazole rings is 1. The lowest BCUT2D eigenvalue weighted by molar-refractivity contribution is -0.129. The van der Waals surface area contributed by atoms with E-state index >= 15 is 0 Å². The highest BCUT2D eigenvalue weighted by molar-refractivity contribution is 7.98. The second kappa shape index (κ2) is 8.14. The van der Waals surface area contributed by atoms with Gasteiger partial charge in [0.25, 0.3) is 0 Å². The fourth-order valence-electron chi connectivity index (χ4n) is 1.81. The van der Waals surface area contributed by atoms with E-state index in [-0.39, 0.29) is 5.91 Å². The van der Waals surface area contributed by atoms with Crippen LogP contribution in [0.25, 0.3) is 0 Å². The van der Waals surface area contributed by atoms with Gasteiger partial charge in [-0.1, -0.05) is 6.07 Å². The standard InChI is InChI=1S/C13H19N5OS2/c1-3-18-12(14-15-16-18)10-20-8-6-13(19)17(2)9-11-5-4-7-21-11/h4-5,7H,3,6,8-10H2,1-2H3. The van der Waals surface area contributed by atoms with Crippen LogP contribution >= 0.6 is 23.1 Å². The Balaban J connectivity index is 1.67. The Bertz CT molecular complexity index is 555. The van der Waals surface area contributed by atoms with E-state index in [1.807, 2.05) is 31.5 Å². The molecule has 0 spiro atoms. The van der Waals surface area contributed by atoms with Gasteiger partial charge in [-0.15, -0.1) is 16.4 Å². The number of rotatable bonds is 8. The van der Waals surface area contributed by atoms with Crippen molar-refractivity contribution in [3.8, 4) is 0 Å². The number of carbonyl (C=O) groups excluding carboxylic acids is 1. The summed E-state index contributed by atoms with van der Waals surface area (Å²) in [6.07, 6.45) is 0.542. The summed E-state index contributed by atoms with van der Waals surface area (Å²) < 4.78 is 1.78. The fourth-order valence-corrected chi connectivity index (χ4v) is 3.42. The summed E-state index contributed by atoms with van der Waals surface area (Å²) in [4.78, 5) is 15.0. The summed E-state index contributed by atoms with van der Waals surface area (Å²) in [5.41, 5.74) is 0. The number of thiophene rings is 1. The van der Waals surface area contributed by atoms with Crippen molar-refractivity contribution in [2.45, 2.75) is 32.2 Å². The van der Waals surface area contributed by atoms with Gasteiger partial charge in [0.2, 0.25) is 5.91 Å². The van der Waals surface area contributed by atoms with Crippen LogP contribution in [0.2, 0.25) is 0 Å². The van der Waals surface area contributed by atoms with Crippen molar-refractivity contribution in [3.63, 3.8) is 0 Å². The summed E-state index contributed by atoms with van der Waals surface area (Å²) >= 11 is 3.36. The topological polar surface area (TPSA) is 63.9 Å². The first kappa shape index (κ1) is 16.0. The molecule has 0 aliphatic rings. The molecular weight excluding hydrogens is 306 g/mol. The summed E-state index contributed by atoms with van der Waals surface area (Å²) in [5.74, 6) is 2.56. The van der Waals surface area contributed by atoms with Gasteiger partial charge < -0.3 is 4.90 Å². The molecule has 0 atom stereocenters. The first-order chi connectivity index (χ1) is 10.2. The van der Waals surface area contributed by atoms with E-state index in [4.69, 9.17) is 0 Å². The van der Waals surface area contributed by atoms with E-state index in [9.17, 15) is 4.79 Å². The quantitative estimate of drug-likeness (QED) is 0.695. The third-order valence-electron chi connectivity index (χ3n) is 3.00. The van der Waals surface area contributed by atoms with Crippen LogP contribution in [0.15, 0.2) is 17.5 Å². The molecular formula is C13H19N5OS2. The lowest BCUT2D eigenvalue weighted by Crippen LogP contribution is -2.26. The number of hydrogen-bond donors (Lipinski definition) is 0. The predicted octanol–water partition coefficient (Wildman–Crippen LogP) is 2.04. The molecule has 0 saturated heterocycles. The van der Waals surface area contributed by atoms with Crippen LogP contribution in [-0.4, -0.2) is 43.8 Å². The van der Waals surface area contributed by atoms with Gasteiger partial charge in [-0.25, -0.2) is 4.68 Å². The summed E-state index contributed by atoms with van der Waals surface area (Å²) in [5, 5.41) is 13.5. The highest BCUT2D eigenvalue weighted by Gasteiger charge is 2.10. The molecule has 0 aliphatic heterocycles. The van der Waals surface area contributed by atoms with Crippen LogP contribution < -0.4 is 0 Å². The molecule has 21 heavy (non-hydrogen) atoms. The van der Waals surface area contributed by atoms with Crippen molar-refractivity contribution in [1.82, 2.24) is 25.1 Å². The van der Waals surface area contributed by atoms with Crippen molar-refractivity contribution >= 4 is 29.0 Å². The molecule has 0 aliphatic carbocycles. The van der Waals surface area contributed by atoms with Crippen molar-refractivity contribution in [3.05, 3.63) is 28.2 Å².